The molecule has 0 N–H and O–H groups in total. The maximum atomic E-state index is 12.9. The molecule has 146 valence electrons. The molecule has 0 radical (unpaired) electrons. The number of thiophene rings is 1. The monoisotopic (exact) mass is 407 g/mol. The molecule has 0 aliphatic carbocycles. The highest BCUT2D eigenvalue weighted by Gasteiger charge is 2.30. The molecule has 3 heterocycles. The Hall–Kier alpha value is -2.68. The highest BCUT2D eigenvalue weighted by Crippen LogP contribution is 2.34. The Labute approximate surface area is 162 Å². The summed E-state index contributed by atoms with van der Waals surface area (Å²) in [6.07, 6.45) is -1.15. The number of amides is 1. The number of fused-ring (bicyclic) bond motifs is 1. The molecule has 28 heavy (non-hydrogen) atoms. The molecule has 1 saturated heterocycles. The lowest BCUT2D eigenvalue weighted by molar-refractivity contribution is -0.137. The van der Waals surface area contributed by atoms with E-state index in [4.69, 9.17) is 0 Å². The van der Waals surface area contributed by atoms with Crippen molar-refractivity contribution in [1.82, 2.24) is 14.5 Å². The Morgan fingerprint density at radius 3 is 2.46 bits per heavy atom. The van der Waals surface area contributed by atoms with Gasteiger partial charge < -0.3 is 4.90 Å². The van der Waals surface area contributed by atoms with Crippen molar-refractivity contribution in [3.63, 3.8) is 0 Å². The summed E-state index contributed by atoms with van der Waals surface area (Å²) in [5, 5.41) is 2.02. The summed E-state index contributed by atoms with van der Waals surface area (Å²) in [5.74, 6) is -0.132. The first kappa shape index (κ1) is 18.7. The van der Waals surface area contributed by atoms with Crippen molar-refractivity contribution in [1.29, 1.82) is 0 Å². The molecule has 1 aliphatic rings. The zero-order valence-electron chi connectivity index (χ0n) is 14.7. The van der Waals surface area contributed by atoms with Gasteiger partial charge in [0, 0.05) is 24.0 Å². The van der Waals surface area contributed by atoms with Gasteiger partial charge in [-0.3, -0.25) is 14.2 Å². The van der Waals surface area contributed by atoms with Crippen LogP contribution < -0.4 is 5.56 Å². The number of hydrogen-bond acceptors (Lipinski definition) is 4. The van der Waals surface area contributed by atoms with Gasteiger partial charge >= 0.3 is 6.18 Å². The van der Waals surface area contributed by atoms with Crippen molar-refractivity contribution in [3.05, 3.63) is 51.9 Å². The van der Waals surface area contributed by atoms with E-state index in [1.165, 1.54) is 34.4 Å². The summed E-state index contributed by atoms with van der Waals surface area (Å²) in [7, 11) is 0. The van der Waals surface area contributed by atoms with Crippen molar-refractivity contribution < 1.29 is 18.0 Å². The molecule has 0 atom stereocenters. The van der Waals surface area contributed by atoms with Gasteiger partial charge in [-0.1, -0.05) is 12.1 Å². The SMILES string of the molecule is O=C(Cn1cnc2scc(-c3ccc(C(F)(F)F)cc3)c2c1=O)N1CCCC1. The van der Waals surface area contributed by atoms with Gasteiger partial charge in [0.2, 0.25) is 5.91 Å². The fourth-order valence-electron chi connectivity index (χ4n) is 3.34. The zero-order valence-corrected chi connectivity index (χ0v) is 15.5. The third kappa shape index (κ3) is 3.42. The third-order valence-corrected chi connectivity index (χ3v) is 5.73. The van der Waals surface area contributed by atoms with E-state index in [1.807, 2.05) is 0 Å². The molecule has 9 heteroatoms. The van der Waals surface area contributed by atoms with E-state index in [2.05, 4.69) is 4.98 Å². The van der Waals surface area contributed by atoms with Crippen LogP contribution >= 0.6 is 11.3 Å². The zero-order chi connectivity index (χ0) is 19.9. The summed E-state index contributed by atoms with van der Waals surface area (Å²) >= 11 is 1.24. The van der Waals surface area contributed by atoms with Crippen LogP contribution in [0.2, 0.25) is 0 Å². The molecular weight excluding hydrogens is 391 g/mol. The Bertz CT molecular complexity index is 1080. The maximum absolute atomic E-state index is 12.9. The van der Waals surface area contributed by atoms with E-state index in [0.717, 1.165) is 25.0 Å². The maximum Gasteiger partial charge on any atom is 0.416 e. The number of carbonyl (C=O) groups excluding carboxylic acids is 1. The fourth-order valence-corrected chi connectivity index (χ4v) is 4.25. The van der Waals surface area contributed by atoms with Crippen LogP contribution in [-0.4, -0.2) is 33.4 Å². The van der Waals surface area contributed by atoms with Crippen LogP contribution in [0.25, 0.3) is 21.3 Å². The molecule has 4 rings (SSSR count). The number of nitrogens with zero attached hydrogens (tertiary/aromatic N) is 3. The van der Waals surface area contributed by atoms with Gasteiger partial charge in [0.05, 0.1) is 17.3 Å². The third-order valence-electron chi connectivity index (χ3n) is 4.85. The first-order valence-electron chi connectivity index (χ1n) is 8.76. The van der Waals surface area contributed by atoms with E-state index < -0.39 is 11.7 Å². The van der Waals surface area contributed by atoms with Crippen LogP contribution in [-0.2, 0) is 17.5 Å². The lowest BCUT2D eigenvalue weighted by atomic mass is 10.0. The van der Waals surface area contributed by atoms with Crippen LogP contribution in [0.1, 0.15) is 18.4 Å². The Morgan fingerprint density at radius 2 is 1.82 bits per heavy atom. The van der Waals surface area contributed by atoms with Crippen molar-refractivity contribution >= 4 is 27.5 Å². The molecule has 0 unspecified atom stereocenters. The summed E-state index contributed by atoms with van der Waals surface area (Å²) in [6, 6.07) is 4.67. The van der Waals surface area contributed by atoms with Gasteiger partial charge in [-0.25, -0.2) is 4.98 Å². The largest absolute Gasteiger partial charge is 0.416 e. The second-order valence-corrected chi connectivity index (χ2v) is 7.53. The smallest absolute Gasteiger partial charge is 0.341 e. The quantitative estimate of drug-likeness (QED) is 0.664. The number of likely N-dealkylation sites (tertiary alicyclic amines) is 1. The van der Waals surface area contributed by atoms with Gasteiger partial charge in [-0.15, -0.1) is 11.3 Å². The van der Waals surface area contributed by atoms with Crippen LogP contribution in [0.15, 0.2) is 40.8 Å². The molecule has 0 saturated carbocycles. The summed E-state index contributed by atoms with van der Waals surface area (Å²) in [6.45, 7) is 1.29. The van der Waals surface area contributed by atoms with Gasteiger partial charge in [-0.05, 0) is 30.5 Å². The number of carbonyl (C=O) groups is 1. The Kier molecular flexibility index (Phi) is 4.70. The first-order chi connectivity index (χ1) is 13.3. The molecule has 1 aromatic carbocycles. The van der Waals surface area contributed by atoms with Gasteiger partial charge in [0.15, 0.2) is 0 Å². The minimum atomic E-state index is -4.42. The number of halogens is 3. The number of rotatable bonds is 3. The van der Waals surface area contributed by atoms with Crippen molar-refractivity contribution in [2.45, 2.75) is 25.6 Å². The lowest BCUT2D eigenvalue weighted by Gasteiger charge is -2.15. The number of alkyl halides is 3. The molecule has 1 fully saturated rings. The summed E-state index contributed by atoms with van der Waals surface area (Å²) in [5.41, 5.74) is -0.0906. The molecule has 0 bridgehead atoms. The molecule has 1 aliphatic heterocycles. The van der Waals surface area contributed by atoms with E-state index in [1.54, 1.807) is 10.3 Å². The fraction of sp³-hybridized carbons (Fsp3) is 0.316. The molecule has 1 amide bonds. The molecule has 0 spiro atoms. The van der Waals surface area contributed by atoms with Crippen LogP contribution in [0.3, 0.4) is 0 Å². The Balaban J connectivity index is 1.70. The van der Waals surface area contributed by atoms with Crippen molar-refractivity contribution in [2.24, 2.45) is 0 Å². The second kappa shape index (κ2) is 7.05. The van der Waals surface area contributed by atoms with Crippen LogP contribution in [0.5, 0.6) is 0 Å². The number of aromatic nitrogens is 2. The van der Waals surface area contributed by atoms with E-state index in [9.17, 15) is 22.8 Å². The molecular formula is C19H16F3N3O2S. The predicted octanol–water partition coefficient (Wildman–Crippen LogP) is 3.77. The normalized spacial score (nSPS) is 14.8. The standard InChI is InChI=1S/C19H16F3N3O2S/c20-19(21,22)13-5-3-12(4-6-13)14-10-28-17-16(14)18(27)25(11-23-17)9-15(26)24-7-1-2-8-24/h3-6,10-11H,1-2,7-9H2. The first-order valence-corrected chi connectivity index (χ1v) is 9.64. The average molecular weight is 407 g/mol. The number of benzene rings is 1. The summed E-state index contributed by atoms with van der Waals surface area (Å²) < 4.78 is 39.6. The average Bonchev–Trinajstić information content (AvgIpc) is 3.33. The summed E-state index contributed by atoms with van der Waals surface area (Å²) in [4.78, 5) is 31.8. The van der Waals surface area contributed by atoms with Gasteiger partial charge in [-0.2, -0.15) is 13.2 Å². The van der Waals surface area contributed by atoms with E-state index in [0.29, 0.717) is 34.4 Å². The molecule has 3 aromatic rings. The van der Waals surface area contributed by atoms with Crippen LogP contribution in [0.4, 0.5) is 13.2 Å². The number of hydrogen-bond donors (Lipinski definition) is 0. The minimum absolute atomic E-state index is 0.0932. The molecule has 5 nitrogen and oxygen atoms in total. The lowest BCUT2D eigenvalue weighted by Crippen LogP contribution is -2.34. The van der Waals surface area contributed by atoms with Gasteiger partial charge in [0.1, 0.15) is 11.4 Å². The van der Waals surface area contributed by atoms with Crippen molar-refractivity contribution in [2.75, 3.05) is 13.1 Å². The van der Waals surface area contributed by atoms with Crippen molar-refractivity contribution in [3.8, 4) is 11.1 Å². The topological polar surface area (TPSA) is 55.2 Å². The van der Waals surface area contributed by atoms with E-state index >= 15 is 0 Å². The highest BCUT2D eigenvalue weighted by atomic mass is 32.1. The predicted molar refractivity (Wildman–Crippen MR) is 100 cm³/mol. The van der Waals surface area contributed by atoms with Gasteiger partial charge in [0.25, 0.3) is 5.56 Å². The van der Waals surface area contributed by atoms with E-state index in [-0.39, 0.29) is 18.0 Å². The second-order valence-electron chi connectivity index (χ2n) is 6.67. The molecule has 2 aromatic heterocycles. The van der Waals surface area contributed by atoms with Crippen LogP contribution in [0, 0.1) is 0 Å². The Morgan fingerprint density at radius 1 is 1.14 bits per heavy atom. The highest BCUT2D eigenvalue weighted by molar-refractivity contribution is 7.17. The minimum Gasteiger partial charge on any atom is -0.341 e.